The molecule has 0 aliphatic carbocycles. The van der Waals surface area contributed by atoms with Crippen molar-refractivity contribution in [2.75, 3.05) is 7.11 Å². The quantitative estimate of drug-likeness (QED) is 0.0618. The summed E-state index contributed by atoms with van der Waals surface area (Å²) in [4.78, 5) is 12.6. The summed E-state index contributed by atoms with van der Waals surface area (Å²) in [6.45, 7) is 1.85. The van der Waals surface area contributed by atoms with Gasteiger partial charge in [-0.2, -0.15) is 0 Å². The van der Waals surface area contributed by atoms with Crippen molar-refractivity contribution in [2.24, 2.45) is 0 Å². The van der Waals surface area contributed by atoms with Gasteiger partial charge in [0, 0.05) is 17.2 Å². The van der Waals surface area contributed by atoms with Crippen LogP contribution in [0.4, 0.5) is 0 Å². The maximum Gasteiger partial charge on any atom is 1.00 e. The van der Waals surface area contributed by atoms with Crippen LogP contribution in [0.1, 0.15) is 27.0 Å². The molecule has 0 fully saturated rings. The summed E-state index contributed by atoms with van der Waals surface area (Å²) in [5.41, 5.74) is 2.14. The van der Waals surface area contributed by atoms with E-state index in [4.69, 9.17) is 30.1 Å². The van der Waals surface area contributed by atoms with Crippen LogP contribution in [0, 0.1) is 19.3 Å². The molecule has 9 nitrogen and oxygen atoms in total. The van der Waals surface area contributed by atoms with Crippen LogP contribution >= 0.6 is 0 Å². The van der Waals surface area contributed by atoms with Crippen molar-refractivity contribution in [1.82, 2.24) is 0 Å². The molecule has 0 saturated carbocycles. The van der Waals surface area contributed by atoms with E-state index >= 15 is 0 Å². The molecule has 6 rings (SSSR count). The Morgan fingerprint density at radius 2 is 1.00 bits per heavy atom. The average Bonchev–Trinajstić information content (AvgIpc) is 3.13. The molecule has 0 aliphatic heterocycles. The van der Waals surface area contributed by atoms with Gasteiger partial charge in [-0.1, -0.05) is 12.0 Å². The monoisotopic (exact) mass is 736 g/mol. The minimum absolute atomic E-state index is 0. The SMILES string of the molecule is C#Cc1ccc(C)cc1Oc1ccc(Oc2ccc(C(=O)c3ccc(Oc4ccc(Oc5ccc(OC)cc5)cc4)cc3)cc2)c(S(=O)(=O)[O-])c1.[K+]. The molecule has 0 heterocycles. The van der Waals surface area contributed by atoms with E-state index < -0.39 is 15.0 Å². The van der Waals surface area contributed by atoms with Gasteiger partial charge in [0.15, 0.2) is 5.78 Å². The minimum Gasteiger partial charge on any atom is -0.744 e. The molecule has 0 spiro atoms. The molecule has 0 N–H and O–H groups in total. The van der Waals surface area contributed by atoms with Crippen molar-refractivity contribution in [3.8, 4) is 64.1 Å². The Kier molecular flexibility index (Phi) is 12.6. The van der Waals surface area contributed by atoms with Crippen molar-refractivity contribution in [3.63, 3.8) is 0 Å². The van der Waals surface area contributed by atoms with Crippen molar-refractivity contribution in [3.05, 3.63) is 156 Å². The number of methoxy groups -OCH3 is 1. The summed E-state index contributed by atoms with van der Waals surface area (Å²) >= 11 is 0. The first-order valence-electron chi connectivity index (χ1n) is 15.5. The van der Waals surface area contributed by atoms with Gasteiger partial charge in [0.2, 0.25) is 0 Å². The zero-order valence-corrected chi connectivity index (χ0v) is 32.3. The zero-order valence-electron chi connectivity index (χ0n) is 28.4. The third kappa shape index (κ3) is 9.70. The van der Waals surface area contributed by atoms with Crippen LogP contribution in [-0.4, -0.2) is 25.9 Å². The molecule has 11 heteroatoms. The van der Waals surface area contributed by atoms with E-state index in [0.717, 1.165) is 17.4 Å². The number of carbonyl (C=O) groups excluding carboxylic acids is 1. The van der Waals surface area contributed by atoms with Gasteiger partial charge < -0.3 is 28.2 Å². The van der Waals surface area contributed by atoms with Crippen LogP contribution < -0.4 is 75.1 Å². The number of hydrogen-bond acceptors (Lipinski definition) is 9. The van der Waals surface area contributed by atoms with Crippen molar-refractivity contribution in [1.29, 1.82) is 0 Å². The molecule has 0 unspecified atom stereocenters. The van der Waals surface area contributed by atoms with E-state index in [2.05, 4.69) is 5.92 Å². The van der Waals surface area contributed by atoms with Gasteiger partial charge >= 0.3 is 51.4 Å². The molecule has 0 amide bonds. The van der Waals surface area contributed by atoms with E-state index in [-0.39, 0.29) is 74.4 Å². The summed E-state index contributed by atoms with van der Waals surface area (Å²) in [6, 6.07) is 36.3. The van der Waals surface area contributed by atoms with Crippen LogP contribution in [0.15, 0.2) is 138 Å². The molecule has 6 aromatic rings. The summed E-state index contributed by atoms with van der Waals surface area (Å²) in [7, 11) is -3.35. The largest absolute Gasteiger partial charge is 1.00 e. The van der Waals surface area contributed by atoms with Crippen LogP contribution in [0.2, 0.25) is 0 Å². The van der Waals surface area contributed by atoms with Crippen LogP contribution in [0.3, 0.4) is 0 Å². The predicted molar refractivity (Wildman–Crippen MR) is 190 cm³/mol. The molecule has 52 heavy (non-hydrogen) atoms. The van der Waals surface area contributed by atoms with E-state index in [0.29, 0.717) is 45.4 Å². The molecule has 0 radical (unpaired) electrons. The maximum atomic E-state index is 13.2. The number of aryl methyl sites for hydroxylation is 1. The van der Waals surface area contributed by atoms with Crippen molar-refractivity contribution in [2.45, 2.75) is 11.8 Å². The number of benzene rings is 6. The third-order valence-corrected chi connectivity index (χ3v) is 8.38. The molecule has 0 aliphatic rings. The van der Waals surface area contributed by atoms with Gasteiger partial charge in [-0.25, -0.2) is 8.42 Å². The predicted octanol–water partition coefficient (Wildman–Crippen LogP) is 6.29. The van der Waals surface area contributed by atoms with Crippen molar-refractivity contribution < 1.29 is 92.8 Å². The molecular formula is C41H29KO9S. The maximum absolute atomic E-state index is 13.2. The van der Waals surface area contributed by atoms with E-state index in [1.807, 2.05) is 37.3 Å². The second-order valence-corrected chi connectivity index (χ2v) is 12.5. The van der Waals surface area contributed by atoms with E-state index in [1.165, 1.54) is 24.3 Å². The van der Waals surface area contributed by atoms with Gasteiger partial charge in [-0.3, -0.25) is 4.79 Å². The molecule has 6 aromatic carbocycles. The number of ether oxygens (including phenoxy) is 5. The molecule has 0 atom stereocenters. The number of carbonyl (C=O) groups is 1. The zero-order chi connectivity index (χ0) is 36.0. The number of hydrogen-bond donors (Lipinski definition) is 0. The molecule has 0 aromatic heterocycles. The van der Waals surface area contributed by atoms with E-state index in [1.54, 1.807) is 79.9 Å². The first kappa shape index (κ1) is 38.3. The smallest absolute Gasteiger partial charge is 0.744 e. The van der Waals surface area contributed by atoms with Gasteiger partial charge in [0.1, 0.15) is 66.8 Å². The fourth-order valence-corrected chi connectivity index (χ4v) is 5.54. The second-order valence-electron chi connectivity index (χ2n) is 11.1. The summed E-state index contributed by atoms with van der Waals surface area (Å²) in [6.07, 6.45) is 5.56. The Hall–Kier alpha value is -4.90. The normalized spacial score (nSPS) is 10.7. The third-order valence-electron chi connectivity index (χ3n) is 7.52. The Morgan fingerprint density at radius 3 is 1.46 bits per heavy atom. The fraction of sp³-hybridized carbons (Fsp3) is 0.0488. The van der Waals surface area contributed by atoms with Crippen LogP contribution in [0.5, 0.6) is 51.7 Å². The molecule has 0 saturated heterocycles. The van der Waals surface area contributed by atoms with Crippen LogP contribution in [0.25, 0.3) is 0 Å². The van der Waals surface area contributed by atoms with Gasteiger partial charge in [-0.15, -0.1) is 6.42 Å². The number of ketones is 1. The Labute approximate surface area is 344 Å². The van der Waals surface area contributed by atoms with Crippen molar-refractivity contribution >= 4 is 15.9 Å². The molecular weight excluding hydrogens is 708 g/mol. The first-order chi connectivity index (χ1) is 24.6. The van der Waals surface area contributed by atoms with Gasteiger partial charge in [-0.05, 0) is 134 Å². The minimum atomic E-state index is -4.96. The Morgan fingerprint density at radius 1 is 0.577 bits per heavy atom. The van der Waals surface area contributed by atoms with Gasteiger partial charge in [0.25, 0.3) is 0 Å². The van der Waals surface area contributed by atoms with Gasteiger partial charge in [0.05, 0.1) is 12.7 Å². The molecule has 254 valence electrons. The molecule has 0 bridgehead atoms. The topological polar surface area (TPSA) is 120 Å². The second kappa shape index (κ2) is 17.1. The number of rotatable bonds is 12. The summed E-state index contributed by atoms with van der Waals surface area (Å²) < 4.78 is 65.0. The Balaban J connectivity index is 0.00000523. The summed E-state index contributed by atoms with van der Waals surface area (Å²) in [5.74, 6) is 5.87. The average molecular weight is 737 g/mol. The standard InChI is InChI=1S/C41H30O9S.K/c1-4-28-6-5-27(2)25-39(28)50-37-23-24-38(40(26-37)51(43,44)45)49-36-13-9-30(10-14-36)41(42)29-7-11-32(12-8-29)47-34-19-21-35(22-20-34)48-33-17-15-31(46-3)16-18-33;/h1,5-26H,2-3H3,(H,43,44,45);/q;+1/p-1. The summed E-state index contributed by atoms with van der Waals surface area (Å²) in [5, 5.41) is 0. The Bertz CT molecular complexity index is 2330. The fourth-order valence-electron chi connectivity index (χ4n) is 4.93. The number of terminal acetylenes is 1. The van der Waals surface area contributed by atoms with E-state index in [9.17, 15) is 17.8 Å². The van der Waals surface area contributed by atoms with Crippen LogP contribution in [-0.2, 0) is 10.1 Å². The first-order valence-corrected chi connectivity index (χ1v) is 16.9.